The first-order valence-electron chi connectivity index (χ1n) is 11.8. The van der Waals surface area contributed by atoms with Gasteiger partial charge in [-0.3, -0.25) is 19.2 Å². The number of amides is 4. The fourth-order valence-corrected chi connectivity index (χ4v) is 3.59. The lowest BCUT2D eigenvalue weighted by molar-refractivity contribution is -0.143. The molecule has 0 spiro atoms. The van der Waals surface area contributed by atoms with Crippen LogP contribution in [0.15, 0.2) is 30.5 Å². The van der Waals surface area contributed by atoms with Crippen molar-refractivity contribution in [3.63, 3.8) is 0 Å². The lowest BCUT2D eigenvalue weighted by atomic mass is 10.0. The van der Waals surface area contributed by atoms with Crippen molar-refractivity contribution in [3.05, 3.63) is 36.0 Å². The number of aliphatic hydroxyl groups excluding tert-OH is 1. The molecule has 1 aromatic carbocycles. The fourth-order valence-electron chi connectivity index (χ4n) is 3.59. The average Bonchev–Trinajstić information content (AvgIpc) is 3.26. The van der Waals surface area contributed by atoms with E-state index in [-0.39, 0.29) is 25.2 Å². The summed E-state index contributed by atoms with van der Waals surface area (Å²) >= 11 is 0. The molecule has 0 fully saturated rings. The maximum absolute atomic E-state index is 13.3. The van der Waals surface area contributed by atoms with Gasteiger partial charge in [-0.1, -0.05) is 32.0 Å². The molecule has 10 N–H and O–H groups in total. The van der Waals surface area contributed by atoms with Gasteiger partial charge in [0.15, 0.2) is 0 Å². The van der Waals surface area contributed by atoms with Gasteiger partial charge in [-0.2, -0.15) is 0 Å². The Balaban J connectivity index is 2.31. The second-order valence-corrected chi connectivity index (χ2v) is 9.04. The van der Waals surface area contributed by atoms with E-state index in [1.165, 1.54) is 0 Å². The van der Waals surface area contributed by atoms with Crippen LogP contribution in [0.5, 0.6) is 0 Å². The number of nitrogens with one attached hydrogen (secondary N) is 4. The molecule has 2 rings (SSSR count). The number of carboxylic acids is 1. The fraction of sp³-hybridized carbons (Fsp3) is 0.458. The molecule has 4 atom stereocenters. The quantitative estimate of drug-likeness (QED) is 0.146. The summed E-state index contributed by atoms with van der Waals surface area (Å²) in [6, 6.07) is 2.33. The van der Waals surface area contributed by atoms with Crippen LogP contribution in [0.25, 0.3) is 10.9 Å². The van der Waals surface area contributed by atoms with Crippen LogP contribution in [0.1, 0.15) is 32.3 Å². The highest BCUT2D eigenvalue weighted by Gasteiger charge is 2.31. The molecule has 0 aliphatic rings. The van der Waals surface area contributed by atoms with Crippen LogP contribution in [-0.2, 0) is 30.4 Å². The van der Waals surface area contributed by atoms with Crippen LogP contribution in [0.2, 0.25) is 0 Å². The van der Waals surface area contributed by atoms with Gasteiger partial charge < -0.3 is 42.6 Å². The molecule has 0 radical (unpaired) electrons. The molecule has 202 valence electrons. The second kappa shape index (κ2) is 13.4. The first kappa shape index (κ1) is 29.3. The first-order chi connectivity index (χ1) is 17.4. The number of aromatic amines is 1. The third-order valence-corrected chi connectivity index (χ3v) is 5.86. The number of carbonyl (C=O) groups is 5. The van der Waals surface area contributed by atoms with Crippen LogP contribution in [0.4, 0.5) is 0 Å². The minimum Gasteiger partial charge on any atom is -0.480 e. The number of benzene rings is 1. The number of primary amides is 1. The number of aromatic nitrogens is 1. The smallest absolute Gasteiger partial charge is 0.328 e. The highest BCUT2D eigenvalue weighted by molar-refractivity contribution is 5.95. The van der Waals surface area contributed by atoms with Crippen molar-refractivity contribution in [3.8, 4) is 0 Å². The average molecular weight is 519 g/mol. The number of hydrogen-bond acceptors (Lipinski definition) is 7. The van der Waals surface area contributed by atoms with Crippen LogP contribution in [-0.4, -0.2) is 75.6 Å². The van der Waals surface area contributed by atoms with E-state index in [0.29, 0.717) is 0 Å². The Morgan fingerprint density at radius 3 is 2.14 bits per heavy atom. The van der Waals surface area contributed by atoms with E-state index in [0.717, 1.165) is 16.5 Å². The normalized spacial score (nSPS) is 14.4. The predicted octanol–water partition coefficient (Wildman–Crippen LogP) is -1.51. The monoisotopic (exact) mass is 518 g/mol. The van der Waals surface area contributed by atoms with Crippen molar-refractivity contribution in [2.24, 2.45) is 17.4 Å². The topological polar surface area (TPSA) is 230 Å². The third kappa shape index (κ3) is 8.29. The maximum Gasteiger partial charge on any atom is 0.328 e. The van der Waals surface area contributed by atoms with Crippen molar-refractivity contribution >= 4 is 40.5 Å². The molecular formula is C24H34N6O7. The molecule has 4 amide bonds. The largest absolute Gasteiger partial charge is 0.480 e. The van der Waals surface area contributed by atoms with Gasteiger partial charge in [0.05, 0.1) is 12.6 Å². The van der Waals surface area contributed by atoms with Gasteiger partial charge in [-0.05, 0) is 24.0 Å². The Morgan fingerprint density at radius 2 is 1.54 bits per heavy atom. The molecule has 0 aliphatic heterocycles. The van der Waals surface area contributed by atoms with Crippen molar-refractivity contribution in [2.45, 2.75) is 57.3 Å². The number of rotatable bonds is 14. The Kier molecular flexibility index (Phi) is 10.6. The number of fused-ring (bicyclic) bond motifs is 1. The van der Waals surface area contributed by atoms with E-state index >= 15 is 0 Å². The summed E-state index contributed by atoms with van der Waals surface area (Å²) in [5.41, 5.74) is 12.7. The highest BCUT2D eigenvalue weighted by Crippen LogP contribution is 2.19. The third-order valence-electron chi connectivity index (χ3n) is 5.86. The SMILES string of the molecule is CC(C)C(N)C(=O)NC(Cc1c[nH]c2ccccc12)C(=O)NC(CCC(N)=O)C(=O)NC(CO)C(=O)O. The summed E-state index contributed by atoms with van der Waals surface area (Å²) in [6.07, 6.45) is 1.23. The number of para-hydroxylation sites is 1. The van der Waals surface area contributed by atoms with Gasteiger partial charge in [0.1, 0.15) is 18.1 Å². The van der Waals surface area contributed by atoms with Gasteiger partial charge in [0.2, 0.25) is 23.6 Å². The van der Waals surface area contributed by atoms with Gasteiger partial charge in [-0.15, -0.1) is 0 Å². The van der Waals surface area contributed by atoms with E-state index in [9.17, 15) is 29.1 Å². The number of carboxylic acid groups (broad SMARTS) is 1. The zero-order valence-corrected chi connectivity index (χ0v) is 20.7. The van der Waals surface area contributed by atoms with Crippen molar-refractivity contribution < 1.29 is 34.2 Å². The van der Waals surface area contributed by atoms with Gasteiger partial charge >= 0.3 is 5.97 Å². The molecule has 1 heterocycles. The van der Waals surface area contributed by atoms with Crippen LogP contribution >= 0.6 is 0 Å². The van der Waals surface area contributed by atoms with Crippen LogP contribution in [0, 0.1) is 5.92 Å². The van der Waals surface area contributed by atoms with Gasteiger partial charge in [0, 0.05) is 29.9 Å². The first-order valence-corrected chi connectivity index (χ1v) is 11.8. The van der Waals surface area contributed by atoms with Crippen molar-refractivity contribution in [1.29, 1.82) is 0 Å². The lowest BCUT2D eigenvalue weighted by Crippen LogP contribution is -2.58. The number of aliphatic carboxylic acids is 1. The Labute approximate surface area is 213 Å². The second-order valence-electron chi connectivity index (χ2n) is 9.04. The number of aliphatic hydroxyl groups is 1. The Hall–Kier alpha value is -3.97. The summed E-state index contributed by atoms with van der Waals surface area (Å²) in [4.78, 5) is 64.4. The van der Waals surface area contributed by atoms with E-state index in [2.05, 4.69) is 20.9 Å². The van der Waals surface area contributed by atoms with Gasteiger partial charge in [0.25, 0.3) is 0 Å². The predicted molar refractivity (Wildman–Crippen MR) is 134 cm³/mol. The summed E-state index contributed by atoms with van der Waals surface area (Å²) in [7, 11) is 0. The van der Waals surface area contributed by atoms with Crippen molar-refractivity contribution in [2.75, 3.05) is 6.61 Å². The zero-order valence-electron chi connectivity index (χ0n) is 20.7. The highest BCUT2D eigenvalue weighted by atomic mass is 16.4. The standard InChI is InChI=1S/C24H34N6O7/c1-12(2)20(26)23(35)29-17(9-13-10-27-15-6-4-3-5-14(13)15)22(34)28-16(7-8-19(25)32)21(33)30-18(11-31)24(36)37/h3-6,10,12,16-18,20,27,31H,7-9,11,26H2,1-2H3,(H2,25,32)(H,28,34)(H,29,35)(H,30,33)(H,36,37). The molecule has 0 bridgehead atoms. The summed E-state index contributed by atoms with van der Waals surface area (Å²) in [6.45, 7) is 2.62. The molecular weight excluding hydrogens is 484 g/mol. The molecule has 2 aromatic rings. The molecule has 37 heavy (non-hydrogen) atoms. The van der Waals surface area contributed by atoms with E-state index in [1.807, 2.05) is 24.3 Å². The maximum atomic E-state index is 13.3. The van der Waals surface area contributed by atoms with Gasteiger partial charge in [-0.25, -0.2) is 4.79 Å². The summed E-state index contributed by atoms with van der Waals surface area (Å²) in [5.74, 6) is -4.70. The van der Waals surface area contributed by atoms with E-state index < -0.39 is 60.4 Å². The molecule has 1 aromatic heterocycles. The molecule has 13 nitrogen and oxygen atoms in total. The molecule has 0 saturated carbocycles. The number of carbonyl (C=O) groups excluding carboxylic acids is 4. The zero-order chi connectivity index (χ0) is 27.7. The van der Waals surface area contributed by atoms with Crippen molar-refractivity contribution in [1.82, 2.24) is 20.9 Å². The summed E-state index contributed by atoms with van der Waals surface area (Å²) in [5, 5.41) is 26.4. The number of hydrogen-bond donors (Lipinski definition) is 8. The molecule has 4 unspecified atom stereocenters. The van der Waals surface area contributed by atoms with Crippen LogP contribution < -0.4 is 27.4 Å². The molecule has 13 heteroatoms. The number of nitrogens with two attached hydrogens (primary N) is 2. The van der Waals surface area contributed by atoms with Crippen LogP contribution in [0.3, 0.4) is 0 Å². The Bertz CT molecular complexity index is 1130. The van der Waals surface area contributed by atoms with E-state index in [1.54, 1.807) is 20.0 Å². The number of H-pyrrole nitrogens is 1. The summed E-state index contributed by atoms with van der Waals surface area (Å²) < 4.78 is 0. The minimum atomic E-state index is -1.62. The minimum absolute atomic E-state index is 0.0466. The molecule has 0 aliphatic carbocycles. The lowest BCUT2D eigenvalue weighted by Gasteiger charge is -2.25. The Morgan fingerprint density at radius 1 is 0.946 bits per heavy atom. The van der Waals surface area contributed by atoms with E-state index in [4.69, 9.17) is 16.6 Å². The molecule has 0 saturated heterocycles.